The summed E-state index contributed by atoms with van der Waals surface area (Å²) in [5, 5.41) is 0.745. The predicted octanol–water partition coefficient (Wildman–Crippen LogP) is 2.88. The van der Waals surface area contributed by atoms with Crippen LogP contribution in [0.4, 0.5) is 0 Å². The number of nitrogens with two attached hydrogens (primary N) is 1. The maximum atomic E-state index is 5.91. The SMILES string of the molecule is NCc1cnc(CSc2cccc(Cl)c2)nc1. The number of nitrogens with zero attached hydrogens (tertiary/aromatic N) is 2. The van der Waals surface area contributed by atoms with Gasteiger partial charge in [0.1, 0.15) is 5.82 Å². The van der Waals surface area contributed by atoms with Gasteiger partial charge in [0.2, 0.25) is 0 Å². The van der Waals surface area contributed by atoms with Gasteiger partial charge in [-0.05, 0) is 18.2 Å². The van der Waals surface area contributed by atoms with E-state index in [4.69, 9.17) is 17.3 Å². The zero-order valence-electron chi connectivity index (χ0n) is 9.14. The second kappa shape index (κ2) is 6.00. The number of halogens is 1. The van der Waals surface area contributed by atoms with Crippen molar-refractivity contribution in [3.63, 3.8) is 0 Å². The van der Waals surface area contributed by atoms with Crippen LogP contribution in [0, 0.1) is 0 Å². The van der Waals surface area contributed by atoms with Crippen molar-refractivity contribution in [1.82, 2.24) is 9.97 Å². The summed E-state index contributed by atoms with van der Waals surface area (Å²) >= 11 is 7.57. The summed E-state index contributed by atoms with van der Waals surface area (Å²) in [5.74, 6) is 1.53. The fourth-order valence-electron chi connectivity index (χ4n) is 1.27. The molecule has 0 unspecified atom stereocenters. The van der Waals surface area contributed by atoms with E-state index in [0.29, 0.717) is 6.54 Å². The van der Waals surface area contributed by atoms with Crippen LogP contribution in [0.15, 0.2) is 41.6 Å². The van der Waals surface area contributed by atoms with Crippen molar-refractivity contribution in [2.45, 2.75) is 17.2 Å². The molecule has 0 bridgehead atoms. The molecule has 0 radical (unpaired) electrons. The molecule has 1 heterocycles. The van der Waals surface area contributed by atoms with Crippen molar-refractivity contribution < 1.29 is 0 Å². The average Bonchev–Trinajstić information content (AvgIpc) is 2.37. The largest absolute Gasteiger partial charge is 0.326 e. The molecule has 0 amide bonds. The van der Waals surface area contributed by atoms with Crippen LogP contribution >= 0.6 is 23.4 Å². The van der Waals surface area contributed by atoms with Crippen LogP contribution < -0.4 is 5.73 Å². The Bertz CT molecular complexity index is 487. The molecule has 1 aromatic heterocycles. The molecule has 2 aromatic rings. The highest BCUT2D eigenvalue weighted by molar-refractivity contribution is 7.98. The highest BCUT2D eigenvalue weighted by Crippen LogP contribution is 2.23. The normalized spacial score (nSPS) is 10.5. The van der Waals surface area contributed by atoms with Crippen LogP contribution in [-0.2, 0) is 12.3 Å². The lowest BCUT2D eigenvalue weighted by Crippen LogP contribution is -2.00. The van der Waals surface area contributed by atoms with Crippen LogP contribution in [0.3, 0.4) is 0 Å². The summed E-state index contributed by atoms with van der Waals surface area (Å²) in [4.78, 5) is 9.60. The van der Waals surface area contributed by atoms with Crippen molar-refractivity contribution in [1.29, 1.82) is 0 Å². The number of hydrogen-bond acceptors (Lipinski definition) is 4. The van der Waals surface area contributed by atoms with Crippen molar-refractivity contribution in [3.8, 4) is 0 Å². The van der Waals surface area contributed by atoms with Gasteiger partial charge in [-0.1, -0.05) is 17.7 Å². The molecule has 0 atom stereocenters. The second-order valence-electron chi connectivity index (χ2n) is 3.46. The fourth-order valence-corrected chi connectivity index (χ4v) is 2.35. The van der Waals surface area contributed by atoms with Crippen molar-refractivity contribution >= 4 is 23.4 Å². The lowest BCUT2D eigenvalue weighted by Gasteiger charge is -2.02. The van der Waals surface area contributed by atoms with Crippen molar-refractivity contribution in [3.05, 3.63) is 53.1 Å². The number of aromatic nitrogens is 2. The van der Waals surface area contributed by atoms with E-state index in [0.717, 1.165) is 27.1 Å². The standard InChI is InChI=1S/C12H12ClN3S/c13-10-2-1-3-11(4-10)17-8-12-15-6-9(5-14)7-16-12/h1-4,6-7H,5,8,14H2. The predicted molar refractivity (Wildman–Crippen MR) is 70.9 cm³/mol. The fraction of sp³-hybridized carbons (Fsp3) is 0.167. The van der Waals surface area contributed by atoms with Gasteiger partial charge in [0.05, 0.1) is 5.75 Å². The van der Waals surface area contributed by atoms with Gasteiger partial charge in [0.25, 0.3) is 0 Å². The van der Waals surface area contributed by atoms with Crippen LogP contribution in [0.1, 0.15) is 11.4 Å². The van der Waals surface area contributed by atoms with Gasteiger partial charge in [0.15, 0.2) is 0 Å². The van der Waals surface area contributed by atoms with Gasteiger partial charge in [-0.2, -0.15) is 0 Å². The molecular formula is C12H12ClN3S. The van der Waals surface area contributed by atoms with Gasteiger partial charge in [0, 0.05) is 34.4 Å². The van der Waals surface area contributed by atoms with Crippen LogP contribution in [0.2, 0.25) is 5.02 Å². The zero-order chi connectivity index (χ0) is 12.1. The van der Waals surface area contributed by atoms with E-state index in [-0.39, 0.29) is 0 Å². The molecular weight excluding hydrogens is 254 g/mol. The van der Waals surface area contributed by atoms with Crippen LogP contribution in [-0.4, -0.2) is 9.97 Å². The summed E-state index contributed by atoms with van der Waals surface area (Å²) in [7, 11) is 0. The molecule has 0 saturated heterocycles. The number of hydrogen-bond donors (Lipinski definition) is 1. The van der Waals surface area contributed by atoms with Gasteiger partial charge in [-0.3, -0.25) is 0 Å². The van der Waals surface area contributed by atoms with E-state index < -0.39 is 0 Å². The van der Waals surface area contributed by atoms with Gasteiger partial charge in [-0.15, -0.1) is 11.8 Å². The van der Waals surface area contributed by atoms with Gasteiger partial charge in [-0.25, -0.2) is 9.97 Å². The van der Waals surface area contributed by atoms with E-state index in [1.807, 2.05) is 24.3 Å². The number of benzene rings is 1. The summed E-state index contributed by atoms with van der Waals surface area (Å²) in [5.41, 5.74) is 6.43. The summed E-state index contributed by atoms with van der Waals surface area (Å²) in [6, 6.07) is 7.74. The second-order valence-corrected chi connectivity index (χ2v) is 4.94. The Labute approximate surface area is 109 Å². The molecule has 0 fully saturated rings. The molecule has 17 heavy (non-hydrogen) atoms. The Balaban J connectivity index is 1.97. The number of rotatable bonds is 4. The quantitative estimate of drug-likeness (QED) is 0.864. The molecule has 0 aliphatic heterocycles. The summed E-state index contributed by atoms with van der Waals surface area (Å²) in [6.07, 6.45) is 3.53. The van der Waals surface area contributed by atoms with Gasteiger partial charge < -0.3 is 5.73 Å². The highest BCUT2D eigenvalue weighted by atomic mass is 35.5. The Morgan fingerprint density at radius 2 is 2.00 bits per heavy atom. The van der Waals surface area contributed by atoms with E-state index in [1.54, 1.807) is 24.2 Å². The first kappa shape index (κ1) is 12.4. The van der Waals surface area contributed by atoms with Crippen LogP contribution in [0.25, 0.3) is 0 Å². The number of thioether (sulfide) groups is 1. The molecule has 1 aromatic carbocycles. The highest BCUT2D eigenvalue weighted by Gasteiger charge is 2.00. The van der Waals surface area contributed by atoms with Crippen molar-refractivity contribution in [2.24, 2.45) is 5.73 Å². The van der Waals surface area contributed by atoms with Crippen molar-refractivity contribution in [2.75, 3.05) is 0 Å². The van der Waals surface area contributed by atoms with E-state index in [9.17, 15) is 0 Å². The van der Waals surface area contributed by atoms with Gasteiger partial charge >= 0.3 is 0 Å². The third kappa shape index (κ3) is 3.70. The maximum absolute atomic E-state index is 5.91. The smallest absolute Gasteiger partial charge is 0.138 e. The average molecular weight is 266 g/mol. The monoisotopic (exact) mass is 265 g/mol. The van der Waals surface area contributed by atoms with Crippen LogP contribution in [0.5, 0.6) is 0 Å². The van der Waals surface area contributed by atoms with E-state index in [2.05, 4.69) is 9.97 Å². The Morgan fingerprint density at radius 1 is 1.24 bits per heavy atom. The third-order valence-electron chi connectivity index (χ3n) is 2.16. The first-order valence-corrected chi connectivity index (χ1v) is 6.52. The first-order valence-electron chi connectivity index (χ1n) is 5.16. The minimum absolute atomic E-state index is 0.474. The minimum Gasteiger partial charge on any atom is -0.326 e. The summed E-state index contributed by atoms with van der Waals surface area (Å²) < 4.78 is 0. The molecule has 5 heteroatoms. The molecule has 88 valence electrons. The molecule has 2 N–H and O–H groups in total. The first-order chi connectivity index (χ1) is 8.28. The molecule has 0 saturated carbocycles. The molecule has 0 aliphatic rings. The van der Waals surface area contributed by atoms with E-state index >= 15 is 0 Å². The molecule has 2 rings (SSSR count). The molecule has 0 aliphatic carbocycles. The lowest BCUT2D eigenvalue weighted by molar-refractivity contribution is 0.960. The lowest BCUT2D eigenvalue weighted by atomic mass is 10.3. The minimum atomic E-state index is 0.474. The Morgan fingerprint density at radius 3 is 2.65 bits per heavy atom. The molecule has 0 spiro atoms. The Kier molecular flexibility index (Phi) is 4.36. The Hall–Kier alpha value is -1.10. The summed E-state index contributed by atoms with van der Waals surface area (Å²) in [6.45, 7) is 0.474. The molecule has 3 nitrogen and oxygen atoms in total. The maximum Gasteiger partial charge on any atom is 0.138 e. The van der Waals surface area contributed by atoms with E-state index in [1.165, 1.54) is 0 Å². The zero-order valence-corrected chi connectivity index (χ0v) is 10.7. The third-order valence-corrected chi connectivity index (χ3v) is 3.38. The topological polar surface area (TPSA) is 51.8 Å².